The SMILES string of the molecule is Cc1ccc(C)c(C2NC3(CC3)C(=O)N2C)c1. The van der Waals surface area contributed by atoms with Crippen molar-refractivity contribution in [1.29, 1.82) is 0 Å². The molecular formula is C14H18N2O. The maximum atomic E-state index is 12.1. The highest BCUT2D eigenvalue weighted by Crippen LogP contribution is 2.45. The number of hydrogen-bond donors (Lipinski definition) is 1. The first kappa shape index (κ1) is 10.8. The standard InChI is InChI=1S/C14H18N2O/c1-9-4-5-10(2)11(8-9)12-15-14(6-7-14)13(17)16(12)3/h4-5,8,12,15H,6-7H2,1-3H3. The monoisotopic (exact) mass is 230 g/mol. The predicted octanol–water partition coefficient (Wildman–Crippen LogP) is 1.90. The molecule has 0 aromatic heterocycles. The maximum absolute atomic E-state index is 12.1. The van der Waals surface area contributed by atoms with Crippen LogP contribution < -0.4 is 5.32 Å². The number of hydrogen-bond acceptors (Lipinski definition) is 2. The Labute approximate surface area is 102 Å². The van der Waals surface area contributed by atoms with Crippen molar-refractivity contribution in [2.24, 2.45) is 0 Å². The van der Waals surface area contributed by atoms with E-state index in [1.54, 1.807) is 0 Å². The molecule has 1 N–H and O–H groups in total. The summed E-state index contributed by atoms with van der Waals surface area (Å²) in [7, 11) is 1.90. The van der Waals surface area contributed by atoms with Gasteiger partial charge in [0, 0.05) is 7.05 Å². The molecule has 0 bridgehead atoms. The Hall–Kier alpha value is -1.35. The van der Waals surface area contributed by atoms with Crippen LogP contribution in [0.3, 0.4) is 0 Å². The molecule has 1 aliphatic heterocycles. The number of aryl methyl sites for hydroxylation is 2. The van der Waals surface area contributed by atoms with Gasteiger partial charge in [0.15, 0.2) is 0 Å². The topological polar surface area (TPSA) is 32.3 Å². The van der Waals surface area contributed by atoms with Gasteiger partial charge in [-0.15, -0.1) is 0 Å². The minimum atomic E-state index is -0.227. The van der Waals surface area contributed by atoms with E-state index < -0.39 is 0 Å². The Morgan fingerprint density at radius 2 is 2.06 bits per heavy atom. The maximum Gasteiger partial charge on any atom is 0.244 e. The second-order valence-corrected chi connectivity index (χ2v) is 5.41. The van der Waals surface area contributed by atoms with E-state index in [-0.39, 0.29) is 17.6 Å². The second kappa shape index (κ2) is 3.33. The lowest BCUT2D eigenvalue weighted by Gasteiger charge is -2.22. The zero-order chi connectivity index (χ0) is 12.2. The molecule has 1 saturated heterocycles. The van der Waals surface area contributed by atoms with E-state index in [1.807, 2.05) is 11.9 Å². The fourth-order valence-corrected chi connectivity index (χ4v) is 2.70. The van der Waals surface area contributed by atoms with E-state index in [9.17, 15) is 4.79 Å². The summed E-state index contributed by atoms with van der Waals surface area (Å²) < 4.78 is 0. The van der Waals surface area contributed by atoms with E-state index in [2.05, 4.69) is 37.4 Å². The van der Waals surface area contributed by atoms with Crippen LogP contribution in [0.25, 0.3) is 0 Å². The molecule has 1 aromatic rings. The van der Waals surface area contributed by atoms with E-state index in [4.69, 9.17) is 0 Å². The van der Waals surface area contributed by atoms with Crippen molar-refractivity contribution in [3.05, 3.63) is 34.9 Å². The molecule has 1 saturated carbocycles. The molecule has 1 aromatic carbocycles. The first-order valence-corrected chi connectivity index (χ1v) is 6.16. The van der Waals surface area contributed by atoms with Gasteiger partial charge in [0.2, 0.25) is 5.91 Å². The van der Waals surface area contributed by atoms with E-state index >= 15 is 0 Å². The molecule has 3 rings (SSSR count). The van der Waals surface area contributed by atoms with Crippen LogP contribution in [-0.2, 0) is 4.79 Å². The quantitative estimate of drug-likeness (QED) is 0.799. The molecule has 1 heterocycles. The molecule has 17 heavy (non-hydrogen) atoms. The third-order valence-electron chi connectivity index (χ3n) is 4.01. The summed E-state index contributed by atoms with van der Waals surface area (Å²) in [5.74, 6) is 0.253. The van der Waals surface area contributed by atoms with Crippen LogP contribution in [0.4, 0.5) is 0 Å². The van der Waals surface area contributed by atoms with Crippen LogP contribution in [0.2, 0.25) is 0 Å². The van der Waals surface area contributed by atoms with Crippen molar-refractivity contribution in [1.82, 2.24) is 10.2 Å². The molecule has 2 fully saturated rings. The summed E-state index contributed by atoms with van der Waals surface area (Å²) in [6.07, 6.45) is 2.01. The van der Waals surface area contributed by atoms with Crippen LogP contribution in [0, 0.1) is 13.8 Å². The van der Waals surface area contributed by atoms with Crippen LogP contribution >= 0.6 is 0 Å². The fourth-order valence-electron chi connectivity index (χ4n) is 2.70. The van der Waals surface area contributed by atoms with Crippen LogP contribution in [0.1, 0.15) is 35.7 Å². The number of likely N-dealkylation sites (N-methyl/N-ethyl adjacent to an activating group) is 1. The fraction of sp³-hybridized carbons (Fsp3) is 0.500. The number of rotatable bonds is 1. The number of carbonyl (C=O) groups is 1. The molecule has 3 heteroatoms. The van der Waals surface area contributed by atoms with Gasteiger partial charge in [-0.05, 0) is 37.8 Å². The van der Waals surface area contributed by atoms with Crippen LogP contribution in [0.5, 0.6) is 0 Å². The highest BCUT2D eigenvalue weighted by Gasteiger charge is 2.58. The number of nitrogens with zero attached hydrogens (tertiary/aromatic N) is 1. The molecule has 2 aliphatic rings. The molecule has 3 nitrogen and oxygen atoms in total. The highest BCUT2D eigenvalue weighted by atomic mass is 16.2. The van der Waals surface area contributed by atoms with Crippen molar-refractivity contribution in [2.75, 3.05) is 7.05 Å². The number of carbonyl (C=O) groups excluding carboxylic acids is 1. The molecule has 1 amide bonds. The Morgan fingerprint density at radius 3 is 2.65 bits per heavy atom. The summed E-state index contributed by atoms with van der Waals surface area (Å²) in [5, 5.41) is 3.50. The zero-order valence-electron chi connectivity index (χ0n) is 10.6. The van der Waals surface area contributed by atoms with Crippen molar-refractivity contribution in [2.45, 2.75) is 38.4 Å². The lowest BCUT2D eigenvalue weighted by atomic mass is 10.0. The summed E-state index contributed by atoms with van der Waals surface area (Å²) >= 11 is 0. The molecule has 1 unspecified atom stereocenters. The number of amides is 1. The van der Waals surface area contributed by atoms with Gasteiger partial charge in [0.05, 0.1) is 0 Å². The minimum absolute atomic E-state index is 0.0462. The third kappa shape index (κ3) is 1.49. The summed E-state index contributed by atoms with van der Waals surface area (Å²) in [5.41, 5.74) is 3.48. The lowest BCUT2D eigenvalue weighted by Crippen LogP contribution is -2.30. The van der Waals surface area contributed by atoms with Crippen LogP contribution in [0.15, 0.2) is 18.2 Å². The summed E-state index contributed by atoms with van der Waals surface area (Å²) in [6.45, 7) is 4.19. The van der Waals surface area contributed by atoms with E-state index in [0.29, 0.717) is 0 Å². The normalized spacial score (nSPS) is 25.7. The second-order valence-electron chi connectivity index (χ2n) is 5.41. The largest absolute Gasteiger partial charge is 0.324 e. The minimum Gasteiger partial charge on any atom is -0.324 e. The smallest absolute Gasteiger partial charge is 0.244 e. The summed E-state index contributed by atoms with van der Waals surface area (Å²) in [6, 6.07) is 6.42. The van der Waals surface area contributed by atoms with Gasteiger partial charge >= 0.3 is 0 Å². The average Bonchev–Trinajstić information content (AvgIpc) is 3.04. The molecular weight excluding hydrogens is 212 g/mol. The molecule has 1 aliphatic carbocycles. The van der Waals surface area contributed by atoms with Gasteiger partial charge < -0.3 is 4.90 Å². The van der Waals surface area contributed by atoms with Crippen molar-refractivity contribution >= 4 is 5.91 Å². The predicted molar refractivity (Wildman–Crippen MR) is 66.5 cm³/mol. The van der Waals surface area contributed by atoms with E-state index in [0.717, 1.165) is 12.8 Å². The molecule has 90 valence electrons. The van der Waals surface area contributed by atoms with Gasteiger partial charge in [0.25, 0.3) is 0 Å². The third-order valence-corrected chi connectivity index (χ3v) is 4.01. The Morgan fingerprint density at radius 1 is 1.35 bits per heavy atom. The van der Waals surface area contributed by atoms with Gasteiger partial charge in [0.1, 0.15) is 11.7 Å². The molecule has 1 spiro atoms. The molecule has 0 radical (unpaired) electrons. The average molecular weight is 230 g/mol. The van der Waals surface area contributed by atoms with Gasteiger partial charge in [-0.3, -0.25) is 10.1 Å². The lowest BCUT2D eigenvalue weighted by molar-refractivity contribution is -0.129. The Kier molecular flexibility index (Phi) is 2.11. The Bertz CT molecular complexity index is 491. The first-order valence-electron chi connectivity index (χ1n) is 6.16. The van der Waals surface area contributed by atoms with Crippen molar-refractivity contribution < 1.29 is 4.79 Å². The summed E-state index contributed by atoms with van der Waals surface area (Å²) in [4.78, 5) is 14.0. The zero-order valence-corrected chi connectivity index (χ0v) is 10.6. The van der Waals surface area contributed by atoms with Gasteiger partial charge in [-0.25, -0.2) is 0 Å². The highest BCUT2D eigenvalue weighted by molar-refractivity contribution is 5.91. The number of benzene rings is 1. The molecule has 1 atom stereocenters. The van der Waals surface area contributed by atoms with Gasteiger partial charge in [-0.2, -0.15) is 0 Å². The van der Waals surface area contributed by atoms with Gasteiger partial charge in [-0.1, -0.05) is 23.8 Å². The first-order chi connectivity index (χ1) is 8.03. The van der Waals surface area contributed by atoms with E-state index in [1.165, 1.54) is 16.7 Å². The van der Waals surface area contributed by atoms with Crippen LogP contribution in [-0.4, -0.2) is 23.4 Å². The van der Waals surface area contributed by atoms with Crippen molar-refractivity contribution in [3.63, 3.8) is 0 Å². The number of nitrogens with one attached hydrogen (secondary N) is 1. The Balaban J connectivity index is 2.00. The van der Waals surface area contributed by atoms with Crippen molar-refractivity contribution in [3.8, 4) is 0 Å².